The van der Waals surface area contributed by atoms with Crippen LogP contribution in [0, 0.1) is 0 Å². The minimum Gasteiger partial charge on any atom is -0.496 e. The molecule has 0 bridgehead atoms. The fourth-order valence-electron chi connectivity index (χ4n) is 1.76. The van der Waals surface area contributed by atoms with Crippen LogP contribution >= 0.6 is 0 Å². The summed E-state index contributed by atoms with van der Waals surface area (Å²) in [6, 6.07) is 7.80. The van der Waals surface area contributed by atoms with Gasteiger partial charge in [-0.25, -0.2) is 0 Å². The largest absolute Gasteiger partial charge is 0.496 e. The Bertz CT molecular complexity index is 520. The summed E-state index contributed by atoms with van der Waals surface area (Å²) >= 11 is 0. The second kappa shape index (κ2) is 4.08. The van der Waals surface area contributed by atoms with E-state index in [4.69, 9.17) is 14.9 Å². The monoisotopic (exact) mass is 233 g/mol. The van der Waals surface area contributed by atoms with E-state index in [1.807, 2.05) is 38.1 Å². The maximum atomic E-state index is 5.45. The fraction of sp³-hybridized carbons (Fsp3) is 0.333. The van der Waals surface area contributed by atoms with E-state index in [9.17, 15) is 0 Å². The van der Waals surface area contributed by atoms with Gasteiger partial charge in [-0.05, 0) is 19.9 Å². The average Bonchev–Trinajstić information content (AvgIpc) is 2.76. The quantitative estimate of drug-likeness (QED) is 0.877. The van der Waals surface area contributed by atoms with Crippen LogP contribution in [0.5, 0.6) is 5.75 Å². The van der Waals surface area contributed by atoms with Crippen LogP contribution in [0.3, 0.4) is 0 Å². The highest BCUT2D eigenvalue weighted by molar-refractivity contribution is 5.42. The van der Waals surface area contributed by atoms with Crippen LogP contribution in [0.2, 0.25) is 0 Å². The standard InChI is InChI=1S/C12H15N3O2/c1-12(2,10-14-15-11(13)17-10)8-6-4-5-7-9(8)16-3/h4-7H,1-3H3,(H2,13,15). The SMILES string of the molecule is COc1ccccc1C(C)(C)c1nnc(N)o1. The first-order valence-corrected chi connectivity index (χ1v) is 5.28. The lowest BCUT2D eigenvalue weighted by atomic mass is 9.84. The Hall–Kier alpha value is -2.04. The van der Waals surface area contributed by atoms with Crippen molar-refractivity contribution >= 4 is 6.01 Å². The summed E-state index contributed by atoms with van der Waals surface area (Å²) in [6.07, 6.45) is 0. The van der Waals surface area contributed by atoms with Crippen molar-refractivity contribution in [2.24, 2.45) is 0 Å². The van der Waals surface area contributed by atoms with Crippen molar-refractivity contribution in [3.8, 4) is 5.75 Å². The molecule has 1 heterocycles. The molecular formula is C12H15N3O2. The van der Waals surface area contributed by atoms with Gasteiger partial charge in [0.25, 0.3) is 0 Å². The second-order valence-corrected chi connectivity index (χ2v) is 4.27. The van der Waals surface area contributed by atoms with E-state index in [1.165, 1.54) is 0 Å². The zero-order chi connectivity index (χ0) is 12.5. The second-order valence-electron chi connectivity index (χ2n) is 4.27. The Kier molecular flexibility index (Phi) is 2.75. The fourth-order valence-corrected chi connectivity index (χ4v) is 1.76. The van der Waals surface area contributed by atoms with Gasteiger partial charge in [0.15, 0.2) is 0 Å². The van der Waals surface area contributed by atoms with E-state index >= 15 is 0 Å². The first-order valence-electron chi connectivity index (χ1n) is 5.28. The third-order valence-corrected chi connectivity index (χ3v) is 2.76. The van der Waals surface area contributed by atoms with Crippen molar-refractivity contribution in [3.63, 3.8) is 0 Å². The van der Waals surface area contributed by atoms with Gasteiger partial charge in [0.05, 0.1) is 12.5 Å². The number of methoxy groups -OCH3 is 1. The summed E-state index contributed by atoms with van der Waals surface area (Å²) < 4.78 is 10.6. The zero-order valence-corrected chi connectivity index (χ0v) is 10.1. The minimum absolute atomic E-state index is 0.0722. The summed E-state index contributed by atoms with van der Waals surface area (Å²) in [5.41, 5.74) is 5.98. The molecule has 5 nitrogen and oxygen atoms in total. The Morgan fingerprint density at radius 3 is 2.53 bits per heavy atom. The Balaban J connectivity index is 2.50. The van der Waals surface area contributed by atoms with E-state index in [1.54, 1.807) is 7.11 Å². The zero-order valence-electron chi connectivity index (χ0n) is 10.1. The molecule has 0 aliphatic heterocycles. The van der Waals surface area contributed by atoms with E-state index in [2.05, 4.69) is 10.2 Å². The molecule has 0 radical (unpaired) electrons. The number of nitrogens with two attached hydrogens (primary N) is 1. The summed E-state index contributed by atoms with van der Waals surface area (Å²) in [6.45, 7) is 3.97. The van der Waals surface area contributed by atoms with Gasteiger partial charge in [-0.1, -0.05) is 23.3 Å². The van der Waals surface area contributed by atoms with Crippen molar-refractivity contribution in [3.05, 3.63) is 35.7 Å². The predicted molar refractivity (Wildman–Crippen MR) is 63.8 cm³/mol. The Morgan fingerprint density at radius 1 is 1.24 bits per heavy atom. The highest BCUT2D eigenvalue weighted by Crippen LogP contribution is 2.36. The number of hydrogen-bond donors (Lipinski definition) is 1. The predicted octanol–water partition coefficient (Wildman–Crippen LogP) is 1.99. The first-order chi connectivity index (χ1) is 8.05. The Labute approximate surface area is 99.6 Å². The number of aromatic nitrogens is 2. The molecule has 2 N–H and O–H groups in total. The van der Waals surface area contributed by atoms with Crippen LogP contribution < -0.4 is 10.5 Å². The number of ether oxygens (including phenoxy) is 1. The third kappa shape index (κ3) is 1.95. The van der Waals surface area contributed by atoms with Crippen LogP contribution in [0.1, 0.15) is 25.3 Å². The number of benzene rings is 1. The number of nitrogen functional groups attached to an aromatic ring is 1. The summed E-state index contributed by atoms with van der Waals surface area (Å²) in [4.78, 5) is 0. The molecule has 2 rings (SSSR count). The lowest BCUT2D eigenvalue weighted by Gasteiger charge is -2.22. The molecule has 0 aliphatic rings. The highest BCUT2D eigenvalue weighted by atomic mass is 16.5. The molecular weight excluding hydrogens is 218 g/mol. The van der Waals surface area contributed by atoms with Gasteiger partial charge < -0.3 is 14.9 Å². The molecule has 0 fully saturated rings. The van der Waals surface area contributed by atoms with Crippen LogP contribution in [0.4, 0.5) is 6.01 Å². The van der Waals surface area contributed by atoms with E-state index in [-0.39, 0.29) is 6.01 Å². The van der Waals surface area contributed by atoms with Crippen LogP contribution in [0.15, 0.2) is 28.7 Å². The number of anilines is 1. The number of nitrogens with zero attached hydrogens (tertiary/aromatic N) is 2. The molecule has 0 aliphatic carbocycles. The third-order valence-electron chi connectivity index (χ3n) is 2.76. The van der Waals surface area contributed by atoms with Crippen molar-refractivity contribution in [2.75, 3.05) is 12.8 Å². The molecule has 17 heavy (non-hydrogen) atoms. The summed E-state index contributed by atoms with van der Waals surface area (Å²) in [7, 11) is 1.64. The van der Waals surface area contributed by atoms with Crippen molar-refractivity contribution in [1.82, 2.24) is 10.2 Å². The molecule has 0 atom stereocenters. The highest BCUT2D eigenvalue weighted by Gasteiger charge is 2.31. The van der Waals surface area contributed by atoms with Gasteiger partial charge in [-0.15, -0.1) is 5.10 Å². The maximum Gasteiger partial charge on any atom is 0.312 e. The summed E-state index contributed by atoms with van der Waals surface area (Å²) in [5, 5.41) is 7.63. The molecule has 5 heteroatoms. The smallest absolute Gasteiger partial charge is 0.312 e. The molecule has 2 aromatic rings. The summed E-state index contributed by atoms with van der Waals surface area (Å²) in [5.74, 6) is 1.26. The average molecular weight is 233 g/mol. The van der Waals surface area contributed by atoms with Gasteiger partial charge in [0, 0.05) is 5.56 Å². The molecule has 0 saturated heterocycles. The molecule has 0 unspecified atom stereocenters. The van der Waals surface area contributed by atoms with E-state index in [0.717, 1.165) is 11.3 Å². The molecule has 1 aromatic carbocycles. The first kappa shape index (κ1) is 11.4. The molecule has 1 aromatic heterocycles. The minimum atomic E-state index is -0.447. The number of hydrogen-bond acceptors (Lipinski definition) is 5. The Morgan fingerprint density at radius 2 is 1.94 bits per heavy atom. The van der Waals surface area contributed by atoms with Crippen LogP contribution in [-0.2, 0) is 5.41 Å². The molecule has 90 valence electrons. The molecule has 0 spiro atoms. The topological polar surface area (TPSA) is 74.2 Å². The van der Waals surface area contributed by atoms with Gasteiger partial charge in [0.1, 0.15) is 5.75 Å². The van der Waals surface area contributed by atoms with Gasteiger partial charge in [-0.3, -0.25) is 0 Å². The van der Waals surface area contributed by atoms with Crippen molar-refractivity contribution in [2.45, 2.75) is 19.3 Å². The van der Waals surface area contributed by atoms with Gasteiger partial charge in [-0.2, -0.15) is 0 Å². The number of para-hydroxylation sites is 1. The normalized spacial score (nSPS) is 11.5. The lowest BCUT2D eigenvalue weighted by Crippen LogP contribution is -2.20. The van der Waals surface area contributed by atoms with Crippen LogP contribution in [-0.4, -0.2) is 17.3 Å². The molecule has 0 saturated carbocycles. The maximum absolute atomic E-state index is 5.45. The number of rotatable bonds is 3. The lowest BCUT2D eigenvalue weighted by molar-refractivity contribution is 0.379. The van der Waals surface area contributed by atoms with E-state index in [0.29, 0.717) is 5.89 Å². The van der Waals surface area contributed by atoms with Crippen molar-refractivity contribution in [1.29, 1.82) is 0 Å². The molecule has 0 amide bonds. The van der Waals surface area contributed by atoms with Gasteiger partial charge >= 0.3 is 6.01 Å². The van der Waals surface area contributed by atoms with E-state index < -0.39 is 5.41 Å². The van der Waals surface area contributed by atoms with Gasteiger partial charge in [0.2, 0.25) is 5.89 Å². The van der Waals surface area contributed by atoms with Crippen LogP contribution in [0.25, 0.3) is 0 Å². The van der Waals surface area contributed by atoms with Crippen molar-refractivity contribution < 1.29 is 9.15 Å².